The third kappa shape index (κ3) is 4.71. The molecular formula is C19H21ClFN3O. The number of hydrogen-bond donors (Lipinski definition) is 1. The summed E-state index contributed by atoms with van der Waals surface area (Å²) in [5, 5.41) is 3.53. The summed E-state index contributed by atoms with van der Waals surface area (Å²) in [5.41, 5.74) is 2.71. The summed E-state index contributed by atoms with van der Waals surface area (Å²) in [6.07, 6.45) is 0. The molecule has 1 saturated heterocycles. The number of amides is 1. The number of carbonyl (C=O) groups is 1. The Kier molecular flexibility index (Phi) is 5.56. The van der Waals surface area contributed by atoms with Crippen molar-refractivity contribution >= 4 is 28.9 Å². The van der Waals surface area contributed by atoms with E-state index in [0.29, 0.717) is 17.3 Å². The van der Waals surface area contributed by atoms with E-state index in [1.807, 2.05) is 19.1 Å². The molecule has 6 heteroatoms. The van der Waals surface area contributed by atoms with Crippen molar-refractivity contribution in [3.05, 3.63) is 58.9 Å². The van der Waals surface area contributed by atoms with Gasteiger partial charge in [0.15, 0.2) is 0 Å². The molecule has 0 unspecified atom stereocenters. The molecule has 0 bridgehead atoms. The van der Waals surface area contributed by atoms with Gasteiger partial charge in [0.25, 0.3) is 0 Å². The summed E-state index contributed by atoms with van der Waals surface area (Å²) in [7, 11) is 0. The third-order valence-electron chi connectivity index (χ3n) is 4.39. The topological polar surface area (TPSA) is 35.6 Å². The lowest BCUT2D eigenvalue weighted by Gasteiger charge is -2.35. The molecule has 0 spiro atoms. The van der Waals surface area contributed by atoms with Gasteiger partial charge in [0.05, 0.1) is 6.54 Å². The summed E-state index contributed by atoms with van der Waals surface area (Å²) in [6, 6.07) is 12.0. The number of halogens is 2. The minimum absolute atomic E-state index is 0.0462. The Bertz CT molecular complexity index is 743. The van der Waals surface area contributed by atoms with Crippen molar-refractivity contribution in [2.45, 2.75) is 6.92 Å². The van der Waals surface area contributed by atoms with E-state index in [1.165, 1.54) is 12.1 Å². The number of benzene rings is 2. The van der Waals surface area contributed by atoms with Gasteiger partial charge in [0.2, 0.25) is 5.91 Å². The van der Waals surface area contributed by atoms with Gasteiger partial charge in [-0.25, -0.2) is 4.39 Å². The lowest BCUT2D eigenvalue weighted by molar-refractivity contribution is -0.117. The first-order chi connectivity index (χ1) is 12.0. The van der Waals surface area contributed by atoms with E-state index in [9.17, 15) is 9.18 Å². The molecule has 1 aliphatic rings. The van der Waals surface area contributed by atoms with Crippen LogP contribution in [0.3, 0.4) is 0 Å². The van der Waals surface area contributed by atoms with Crippen molar-refractivity contribution in [1.82, 2.24) is 4.90 Å². The molecule has 1 aliphatic heterocycles. The predicted octanol–water partition coefficient (Wildman–Crippen LogP) is 3.55. The van der Waals surface area contributed by atoms with Crippen LogP contribution in [0.5, 0.6) is 0 Å². The highest BCUT2D eigenvalue weighted by Crippen LogP contribution is 2.20. The van der Waals surface area contributed by atoms with Gasteiger partial charge in [0, 0.05) is 42.6 Å². The number of piperazine rings is 1. The van der Waals surface area contributed by atoms with E-state index in [1.54, 1.807) is 18.2 Å². The minimum atomic E-state index is -0.227. The molecule has 1 amide bonds. The summed E-state index contributed by atoms with van der Waals surface area (Å²) >= 11 is 6.08. The predicted molar refractivity (Wildman–Crippen MR) is 99.9 cm³/mol. The number of nitrogens with zero attached hydrogens (tertiary/aromatic N) is 2. The zero-order valence-corrected chi connectivity index (χ0v) is 14.9. The molecule has 1 N–H and O–H groups in total. The van der Waals surface area contributed by atoms with Crippen LogP contribution in [0.4, 0.5) is 15.8 Å². The normalized spacial score (nSPS) is 15.2. The molecule has 132 valence electrons. The van der Waals surface area contributed by atoms with Crippen molar-refractivity contribution in [1.29, 1.82) is 0 Å². The maximum atomic E-state index is 13.0. The average molecular weight is 362 g/mol. The van der Waals surface area contributed by atoms with Crippen LogP contribution in [0.2, 0.25) is 5.02 Å². The fraction of sp³-hybridized carbons (Fsp3) is 0.316. The zero-order chi connectivity index (χ0) is 17.8. The summed E-state index contributed by atoms with van der Waals surface area (Å²) in [6.45, 7) is 5.49. The second-order valence-corrected chi connectivity index (χ2v) is 6.66. The van der Waals surface area contributed by atoms with Crippen molar-refractivity contribution < 1.29 is 9.18 Å². The molecule has 0 saturated carbocycles. The van der Waals surface area contributed by atoms with Gasteiger partial charge in [-0.2, -0.15) is 0 Å². The molecule has 1 fully saturated rings. The van der Waals surface area contributed by atoms with Crippen molar-refractivity contribution in [3.63, 3.8) is 0 Å². The highest BCUT2D eigenvalue weighted by Gasteiger charge is 2.19. The highest BCUT2D eigenvalue weighted by molar-refractivity contribution is 6.31. The largest absolute Gasteiger partial charge is 0.369 e. The summed E-state index contributed by atoms with van der Waals surface area (Å²) in [5.74, 6) is -0.273. The van der Waals surface area contributed by atoms with Crippen LogP contribution in [0, 0.1) is 12.7 Å². The van der Waals surface area contributed by atoms with Gasteiger partial charge in [-0.05, 0) is 48.9 Å². The molecule has 2 aromatic rings. The van der Waals surface area contributed by atoms with Crippen LogP contribution < -0.4 is 10.2 Å². The Morgan fingerprint density at radius 2 is 1.80 bits per heavy atom. The highest BCUT2D eigenvalue weighted by atomic mass is 35.5. The quantitative estimate of drug-likeness (QED) is 0.904. The molecule has 0 aromatic heterocycles. The van der Waals surface area contributed by atoms with Crippen LogP contribution in [-0.2, 0) is 4.79 Å². The van der Waals surface area contributed by atoms with Crippen LogP contribution >= 0.6 is 11.6 Å². The van der Waals surface area contributed by atoms with E-state index in [0.717, 1.165) is 37.4 Å². The van der Waals surface area contributed by atoms with Crippen molar-refractivity contribution in [2.75, 3.05) is 42.9 Å². The smallest absolute Gasteiger partial charge is 0.238 e. The Morgan fingerprint density at radius 3 is 2.44 bits per heavy atom. The van der Waals surface area contributed by atoms with E-state index in [2.05, 4.69) is 15.1 Å². The fourth-order valence-corrected chi connectivity index (χ4v) is 3.07. The van der Waals surface area contributed by atoms with Crippen molar-refractivity contribution in [3.8, 4) is 0 Å². The number of carbonyl (C=O) groups excluding carboxylic acids is 1. The molecule has 25 heavy (non-hydrogen) atoms. The van der Waals surface area contributed by atoms with E-state index < -0.39 is 0 Å². The van der Waals surface area contributed by atoms with E-state index in [4.69, 9.17) is 11.6 Å². The number of anilines is 2. The minimum Gasteiger partial charge on any atom is -0.369 e. The first kappa shape index (κ1) is 17.7. The third-order valence-corrected chi connectivity index (χ3v) is 4.79. The fourth-order valence-electron chi connectivity index (χ4n) is 2.89. The summed E-state index contributed by atoms with van der Waals surface area (Å²) < 4.78 is 13.0. The van der Waals surface area contributed by atoms with Crippen LogP contribution in [-0.4, -0.2) is 43.5 Å². The van der Waals surface area contributed by atoms with Gasteiger partial charge < -0.3 is 10.2 Å². The molecule has 3 rings (SSSR count). The Morgan fingerprint density at radius 1 is 1.12 bits per heavy atom. The summed E-state index contributed by atoms with van der Waals surface area (Å²) in [4.78, 5) is 16.5. The van der Waals surface area contributed by atoms with Gasteiger partial charge in [-0.15, -0.1) is 0 Å². The average Bonchev–Trinajstić information content (AvgIpc) is 2.60. The Labute approximate surface area is 152 Å². The maximum Gasteiger partial charge on any atom is 0.238 e. The number of aryl methyl sites for hydroxylation is 1. The van der Waals surface area contributed by atoms with Gasteiger partial charge in [0.1, 0.15) is 5.82 Å². The van der Waals surface area contributed by atoms with Crippen LogP contribution in [0.1, 0.15) is 5.56 Å². The molecule has 1 heterocycles. The van der Waals surface area contributed by atoms with E-state index in [-0.39, 0.29) is 11.7 Å². The van der Waals surface area contributed by atoms with Crippen LogP contribution in [0.15, 0.2) is 42.5 Å². The SMILES string of the molecule is Cc1ccc(NC(=O)CN2CCN(c3ccc(F)cc3)CC2)cc1Cl. The second kappa shape index (κ2) is 7.85. The van der Waals surface area contributed by atoms with Crippen LogP contribution in [0.25, 0.3) is 0 Å². The Hall–Kier alpha value is -2.11. The number of hydrogen-bond acceptors (Lipinski definition) is 3. The number of rotatable bonds is 4. The first-order valence-electron chi connectivity index (χ1n) is 8.30. The Balaban J connectivity index is 1.49. The van der Waals surface area contributed by atoms with Gasteiger partial charge in [-0.1, -0.05) is 17.7 Å². The monoisotopic (exact) mass is 361 g/mol. The molecule has 0 aliphatic carbocycles. The molecule has 2 aromatic carbocycles. The molecular weight excluding hydrogens is 341 g/mol. The molecule has 0 radical (unpaired) electrons. The standard InChI is InChI=1S/C19H21ClFN3O/c1-14-2-5-16(12-18(14)20)22-19(25)13-23-8-10-24(11-9-23)17-6-3-15(21)4-7-17/h2-7,12H,8-11,13H2,1H3,(H,22,25). The van der Waals surface area contributed by atoms with Gasteiger partial charge in [-0.3, -0.25) is 9.69 Å². The maximum absolute atomic E-state index is 13.0. The molecule has 4 nitrogen and oxygen atoms in total. The van der Waals surface area contributed by atoms with Gasteiger partial charge >= 0.3 is 0 Å². The van der Waals surface area contributed by atoms with Crippen molar-refractivity contribution in [2.24, 2.45) is 0 Å². The molecule has 0 atom stereocenters. The lowest BCUT2D eigenvalue weighted by atomic mass is 10.2. The van der Waals surface area contributed by atoms with E-state index >= 15 is 0 Å². The zero-order valence-electron chi connectivity index (χ0n) is 14.1. The second-order valence-electron chi connectivity index (χ2n) is 6.25. The lowest BCUT2D eigenvalue weighted by Crippen LogP contribution is -2.48. The number of nitrogens with one attached hydrogen (secondary N) is 1. The first-order valence-corrected chi connectivity index (χ1v) is 8.68.